The third-order valence-corrected chi connectivity index (χ3v) is 6.34. The van der Waals surface area contributed by atoms with E-state index in [2.05, 4.69) is 10.3 Å². The Morgan fingerprint density at radius 1 is 0.946 bits per heavy atom. The smallest absolute Gasteiger partial charge is 0.238 e. The van der Waals surface area contributed by atoms with Crippen molar-refractivity contribution in [1.82, 2.24) is 15.0 Å². The normalized spacial score (nSPS) is 12.9. The summed E-state index contributed by atoms with van der Waals surface area (Å²) >= 11 is 0. The summed E-state index contributed by atoms with van der Waals surface area (Å²) in [5, 5.41) is 17.7. The standard InChI is InChI=1S/C29H21N5O3/c1-18-10-12-21(13-11-18)33(24-15-26(35)22-7-3-4-8-23(22)28(24)36)16-20-17-34(32-31-20)25-14-19-6-2-5-9-27(19)37-29(25)30/h2-15,17,30H,16H2,1H3. The molecule has 1 N–H and O–H groups in total. The second-order valence-electron chi connectivity index (χ2n) is 8.84. The molecule has 0 atom stereocenters. The summed E-state index contributed by atoms with van der Waals surface area (Å²) in [6.45, 7) is 2.17. The van der Waals surface area contributed by atoms with Crippen LogP contribution in [0.15, 0.2) is 101 Å². The highest BCUT2D eigenvalue weighted by molar-refractivity contribution is 6.25. The van der Waals surface area contributed by atoms with E-state index < -0.39 is 0 Å². The first-order valence-electron chi connectivity index (χ1n) is 11.7. The number of allylic oxidation sites excluding steroid dienone is 2. The molecular formula is C29H21N5O3. The molecule has 180 valence electrons. The molecule has 0 radical (unpaired) electrons. The van der Waals surface area contributed by atoms with Crippen molar-refractivity contribution in [1.29, 1.82) is 5.41 Å². The second kappa shape index (κ2) is 8.83. The van der Waals surface area contributed by atoms with Crippen LogP contribution >= 0.6 is 0 Å². The Morgan fingerprint density at radius 3 is 2.49 bits per heavy atom. The molecule has 8 heteroatoms. The molecule has 0 bridgehead atoms. The van der Waals surface area contributed by atoms with Gasteiger partial charge < -0.3 is 9.32 Å². The van der Waals surface area contributed by atoms with E-state index in [9.17, 15) is 9.59 Å². The fraction of sp³-hybridized carbons (Fsp3) is 0.0690. The van der Waals surface area contributed by atoms with Crippen LogP contribution in [-0.2, 0) is 6.54 Å². The number of fused-ring (bicyclic) bond motifs is 2. The van der Waals surface area contributed by atoms with Crippen molar-refractivity contribution in [2.24, 2.45) is 0 Å². The molecule has 0 amide bonds. The number of carbonyl (C=O) groups excluding carboxylic acids is 2. The van der Waals surface area contributed by atoms with Crippen LogP contribution in [0.2, 0.25) is 0 Å². The number of para-hydroxylation sites is 1. The molecule has 8 nitrogen and oxygen atoms in total. The molecule has 37 heavy (non-hydrogen) atoms. The van der Waals surface area contributed by atoms with Crippen molar-refractivity contribution < 1.29 is 14.0 Å². The molecule has 0 aliphatic heterocycles. The first-order valence-corrected chi connectivity index (χ1v) is 11.7. The average molecular weight is 488 g/mol. The molecule has 0 saturated heterocycles. The number of rotatable bonds is 5. The number of nitrogens with one attached hydrogen (secondary N) is 1. The van der Waals surface area contributed by atoms with Crippen molar-refractivity contribution in [2.45, 2.75) is 13.5 Å². The molecule has 1 aliphatic carbocycles. The summed E-state index contributed by atoms with van der Waals surface area (Å²) < 4.78 is 7.13. The quantitative estimate of drug-likeness (QED) is 0.383. The summed E-state index contributed by atoms with van der Waals surface area (Å²) in [6, 6.07) is 23.8. The minimum atomic E-state index is -0.232. The van der Waals surface area contributed by atoms with Gasteiger partial charge in [-0.2, -0.15) is 0 Å². The van der Waals surface area contributed by atoms with Crippen LogP contribution in [0.25, 0.3) is 16.7 Å². The fourth-order valence-electron chi connectivity index (χ4n) is 4.43. The lowest BCUT2D eigenvalue weighted by molar-refractivity contribution is 0.0981. The summed E-state index contributed by atoms with van der Waals surface area (Å²) in [7, 11) is 0. The zero-order chi connectivity index (χ0) is 25.5. The first kappa shape index (κ1) is 22.4. The van der Waals surface area contributed by atoms with Crippen LogP contribution in [0.4, 0.5) is 5.69 Å². The van der Waals surface area contributed by atoms with Gasteiger partial charge in [-0.05, 0) is 31.2 Å². The van der Waals surface area contributed by atoms with Gasteiger partial charge in [0.05, 0.1) is 18.4 Å². The number of nitrogens with zero attached hydrogens (tertiary/aromatic N) is 4. The van der Waals surface area contributed by atoms with E-state index >= 15 is 0 Å². The van der Waals surface area contributed by atoms with Gasteiger partial charge in [-0.3, -0.25) is 15.0 Å². The van der Waals surface area contributed by atoms with Crippen molar-refractivity contribution in [3.8, 4) is 5.69 Å². The van der Waals surface area contributed by atoms with Crippen molar-refractivity contribution >= 4 is 28.2 Å². The van der Waals surface area contributed by atoms with Crippen molar-refractivity contribution in [3.63, 3.8) is 0 Å². The Kier molecular flexibility index (Phi) is 5.34. The van der Waals surface area contributed by atoms with Gasteiger partial charge in [0.1, 0.15) is 17.0 Å². The number of anilines is 1. The van der Waals surface area contributed by atoms with Crippen LogP contribution in [0.5, 0.6) is 0 Å². The third-order valence-electron chi connectivity index (χ3n) is 6.34. The minimum absolute atomic E-state index is 0.0436. The Balaban J connectivity index is 1.39. The maximum absolute atomic E-state index is 13.5. The number of ketones is 2. The van der Waals surface area contributed by atoms with Crippen LogP contribution in [0.3, 0.4) is 0 Å². The largest absolute Gasteiger partial charge is 0.437 e. The highest BCUT2D eigenvalue weighted by Gasteiger charge is 2.30. The summed E-state index contributed by atoms with van der Waals surface area (Å²) in [5.74, 6) is -0.451. The molecule has 5 aromatic rings. The summed E-state index contributed by atoms with van der Waals surface area (Å²) in [5.41, 5.74) is 4.41. The highest BCUT2D eigenvalue weighted by Crippen LogP contribution is 2.29. The number of aromatic nitrogens is 3. The lowest BCUT2D eigenvalue weighted by Crippen LogP contribution is -2.31. The van der Waals surface area contributed by atoms with Crippen LogP contribution in [0, 0.1) is 12.3 Å². The summed E-state index contributed by atoms with van der Waals surface area (Å²) in [4.78, 5) is 28.2. The van der Waals surface area contributed by atoms with Gasteiger partial charge >= 0.3 is 0 Å². The highest BCUT2D eigenvalue weighted by atomic mass is 16.3. The van der Waals surface area contributed by atoms with E-state index in [0.717, 1.165) is 16.6 Å². The number of benzene rings is 3. The van der Waals surface area contributed by atoms with Crippen molar-refractivity contribution in [3.05, 3.63) is 125 Å². The monoisotopic (exact) mass is 487 g/mol. The van der Waals surface area contributed by atoms with Gasteiger partial charge in [-0.15, -0.1) is 5.10 Å². The van der Waals surface area contributed by atoms with E-state index in [1.54, 1.807) is 41.4 Å². The maximum Gasteiger partial charge on any atom is 0.238 e. The lowest BCUT2D eigenvalue weighted by atomic mass is 9.92. The minimum Gasteiger partial charge on any atom is -0.437 e. The van der Waals surface area contributed by atoms with Gasteiger partial charge in [0.2, 0.25) is 11.3 Å². The maximum atomic E-state index is 13.5. The van der Waals surface area contributed by atoms with Crippen LogP contribution in [0.1, 0.15) is 32.0 Å². The lowest BCUT2D eigenvalue weighted by Gasteiger charge is -2.28. The molecule has 1 aliphatic rings. The molecule has 2 heterocycles. The van der Waals surface area contributed by atoms with Crippen LogP contribution in [-0.4, -0.2) is 26.6 Å². The average Bonchev–Trinajstić information content (AvgIpc) is 3.38. The number of hydrogen-bond acceptors (Lipinski definition) is 7. The number of carbonyl (C=O) groups is 2. The molecule has 0 fully saturated rings. The van der Waals surface area contributed by atoms with Gasteiger partial charge in [0, 0.05) is 28.3 Å². The van der Waals surface area contributed by atoms with E-state index in [1.165, 1.54) is 10.8 Å². The van der Waals surface area contributed by atoms with Gasteiger partial charge in [-0.25, -0.2) is 4.68 Å². The second-order valence-corrected chi connectivity index (χ2v) is 8.84. The molecule has 0 unspecified atom stereocenters. The Labute approximate surface area is 211 Å². The molecule has 2 aromatic heterocycles. The topological polar surface area (TPSA) is 105 Å². The Bertz CT molecular complexity index is 1780. The fourth-order valence-corrected chi connectivity index (χ4v) is 4.43. The number of aryl methyl sites for hydroxylation is 1. The molecule has 6 rings (SSSR count). The predicted molar refractivity (Wildman–Crippen MR) is 138 cm³/mol. The third kappa shape index (κ3) is 4.04. The van der Waals surface area contributed by atoms with E-state index in [1.807, 2.05) is 55.5 Å². The molecular weight excluding hydrogens is 466 g/mol. The molecule has 0 saturated carbocycles. The van der Waals surface area contributed by atoms with Gasteiger partial charge in [0.25, 0.3) is 0 Å². The number of Topliss-reactive ketones (excluding diaryl/α,β-unsaturated/α-hetero) is 1. The first-order chi connectivity index (χ1) is 18.0. The van der Waals surface area contributed by atoms with Gasteiger partial charge in [0.15, 0.2) is 5.78 Å². The Morgan fingerprint density at radius 2 is 1.68 bits per heavy atom. The summed E-state index contributed by atoms with van der Waals surface area (Å²) in [6.07, 6.45) is 3.08. The van der Waals surface area contributed by atoms with Gasteiger partial charge in [-0.1, -0.05) is 65.4 Å². The van der Waals surface area contributed by atoms with E-state index in [-0.39, 0.29) is 29.4 Å². The molecule has 3 aromatic carbocycles. The van der Waals surface area contributed by atoms with Crippen LogP contribution < -0.4 is 10.5 Å². The van der Waals surface area contributed by atoms with E-state index in [0.29, 0.717) is 28.1 Å². The predicted octanol–water partition coefficient (Wildman–Crippen LogP) is 4.77. The zero-order valence-electron chi connectivity index (χ0n) is 19.9. The van der Waals surface area contributed by atoms with E-state index in [4.69, 9.17) is 9.83 Å². The Hall–Kier alpha value is -5.11. The zero-order valence-corrected chi connectivity index (χ0v) is 19.9. The molecule has 0 spiro atoms. The number of hydrogen-bond donors (Lipinski definition) is 1. The SMILES string of the molecule is Cc1ccc(N(Cc2cn(-c3cc4ccccc4oc3=N)nn2)C2=CC(=O)c3ccccc3C2=O)cc1. The van der Waals surface area contributed by atoms with Crippen molar-refractivity contribution in [2.75, 3.05) is 4.90 Å².